The van der Waals surface area contributed by atoms with E-state index < -0.39 is 0 Å². The van der Waals surface area contributed by atoms with Crippen LogP contribution in [0.4, 0.5) is 11.4 Å². The normalized spacial score (nSPS) is 17.0. The number of hydrogen-bond acceptors (Lipinski definition) is 4. The lowest BCUT2D eigenvalue weighted by molar-refractivity contribution is -0.117. The van der Waals surface area contributed by atoms with Crippen molar-refractivity contribution in [2.45, 2.75) is 24.3 Å². The van der Waals surface area contributed by atoms with Gasteiger partial charge in [0.1, 0.15) is 4.38 Å². The van der Waals surface area contributed by atoms with Gasteiger partial charge in [0.05, 0.1) is 10.9 Å². The minimum absolute atomic E-state index is 0.132. The standard InChI is InChI=1S/C19H18N2OS2/c1-13(18(22)21-11-10-14-6-3-5-9-17(14)21)24-19-20-16-8-4-2-7-15(16)12-23-19/h2-9,13H,10-12H2,1H3. The molecule has 5 heteroatoms. The average Bonchev–Trinajstić information content (AvgIpc) is 3.05. The molecular weight excluding hydrogens is 336 g/mol. The second-order valence-corrected chi connectivity index (χ2v) is 8.48. The lowest BCUT2D eigenvalue weighted by Crippen LogP contribution is -2.35. The van der Waals surface area contributed by atoms with Gasteiger partial charge in [0, 0.05) is 18.0 Å². The van der Waals surface area contributed by atoms with E-state index in [1.54, 1.807) is 23.5 Å². The number of para-hydroxylation sites is 2. The molecule has 2 aliphatic rings. The van der Waals surface area contributed by atoms with Crippen LogP contribution in [-0.2, 0) is 17.0 Å². The van der Waals surface area contributed by atoms with Gasteiger partial charge < -0.3 is 4.90 Å². The summed E-state index contributed by atoms with van der Waals surface area (Å²) >= 11 is 3.30. The van der Waals surface area contributed by atoms with Crippen LogP contribution in [0.2, 0.25) is 0 Å². The Hall–Kier alpha value is -1.72. The van der Waals surface area contributed by atoms with Gasteiger partial charge in [-0.2, -0.15) is 0 Å². The van der Waals surface area contributed by atoms with Crippen LogP contribution in [0.15, 0.2) is 53.5 Å². The van der Waals surface area contributed by atoms with Crippen molar-refractivity contribution in [1.82, 2.24) is 0 Å². The first-order valence-electron chi connectivity index (χ1n) is 8.08. The zero-order chi connectivity index (χ0) is 16.5. The van der Waals surface area contributed by atoms with Gasteiger partial charge >= 0.3 is 0 Å². The zero-order valence-electron chi connectivity index (χ0n) is 13.4. The molecule has 0 bridgehead atoms. The molecule has 0 saturated carbocycles. The fourth-order valence-electron chi connectivity index (χ4n) is 3.06. The first-order valence-corrected chi connectivity index (χ1v) is 9.94. The van der Waals surface area contributed by atoms with Crippen molar-refractivity contribution < 1.29 is 4.79 Å². The third-order valence-corrected chi connectivity index (χ3v) is 6.62. The highest BCUT2D eigenvalue weighted by Crippen LogP contribution is 2.37. The van der Waals surface area contributed by atoms with Gasteiger partial charge in [-0.25, -0.2) is 4.99 Å². The topological polar surface area (TPSA) is 32.7 Å². The molecule has 24 heavy (non-hydrogen) atoms. The summed E-state index contributed by atoms with van der Waals surface area (Å²) < 4.78 is 0.988. The molecule has 0 saturated heterocycles. The van der Waals surface area contributed by atoms with Crippen molar-refractivity contribution in [3.05, 3.63) is 59.7 Å². The van der Waals surface area contributed by atoms with Crippen LogP contribution in [0, 0.1) is 0 Å². The maximum absolute atomic E-state index is 12.9. The fraction of sp³-hybridized carbons (Fsp3) is 0.263. The summed E-state index contributed by atoms with van der Waals surface area (Å²) in [5, 5.41) is -0.132. The minimum atomic E-state index is -0.132. The maximum atomic E-state index is 12.9. The third-order valence-electron chi connectivity index (χ3n) is 4.33. The molecule has 0 radical (unpaired) electrons. The van der Waals surface area contributed by atoms with Gasteiger partial charge in [-0.3, -0.25) is 4.79 Å². The summed E-state index contributed by atoms with van der Waals surface area (Å²) in [6.45, 7) is 2.77. The Balaban J connectivity index is 1.48. The van der Waals surface area contributed by atoms with Gasteiger partial charge in [-0.1, -0.05) is 59.9 Å². The monoisotopic (exact) mass is 354 g/mol. The predicted molar refractivity (Wildman–Crippen MR) is 104 cm³/mol. The molecular formula is C19H18N2OS2. The van der Waals surface area contributed by atoms with Crippen molar-refractivity contribution in [3.8, 4) is 0 Å². The first-order chi connectivity index (χ1) is 11.7. The van der Waals surface area contributed by atoms with Crippen molar-refractivity contribution in [1.29, 1.82) is 0 Å². The van der Waals surface area contributed by atoms with E-state index in [0.29, 0.717) is 0 Å². The van der Waals surface area contributed by atoms with Crippen molar-refractivity contribution in [2.75, 3.05) is 11.4 Å². The lowest BCUT2D eigenvalue weighted by Gasteiger charge is -2.22. The number of benzene rings is 2. The van der Waals surface area contributed by atoms with Crippen molar-refractivity contribution in [2.24, 2.45) is 4.99 Å². The van der Waals surface area contributed by atoms with Crippen LogP contribution < -0.4 is 4.90 Å². The molecule has 0 N–H and O–H groups in total. The van der Waals surface area contributed by atoms with Gasteiger partial charge in [0.2, 0.25) is 5.91 Å². The molecule has 0 spiro atoms. The number of hydrogen-bond donors (Lipinski definition) is 0. The molecule has 3 nitrogen and oxygen atoms in total. The molecule has 4 rings (SSSR count). The highest BCUT2D eigenvalue weighted by molar-refractivity contribution is 8.39. The Labute approximate surface area is 150 Å². The molecule has 1 unspecified atom stereocenters. The summed E-state index contributed by atoms with van der Waals surface area (Å²) in [5.74, 6) is 1.10. The van der Waals surface area contributed by atoms with E-state index >= 15 is 0 Å². The van der Waals surface area contributed by atoms with Gasteiger partial charge in [0.25, 0.3) is 0 Å². The zero-order valence-corrected chi connectivity index (χ0v) is 15.1. The predicted octanol–water partition coefficient (Wildman–Crippen LogP) is 4.63. The smallest absolute Gasteiger partial charge is 0.240 e. The number of nitrogens with zero attached hydrogens (tertiary/aromatic N) is 2. The second kappa shape index (κ2) is 6.65. The van der Waals surface area contributed by atoms with Crippen LogP contribution in [0.25, 0.3) is 0 Å². The summed E-state index contributed by atoms with van der Waals surface area (Å²) in [5.41, 5.74) is 4.63. The number of rotatable bonds is 2. The van der Waals surface area contributed by atoms with Crippen molar-refractivity contribution >= 4 is 45.2 Å². The van der Waals surface area contributed by atoms with E-state index in [-0.39, 0.29) is 11.2 Å². The first kappa shape index (κ1) is 15.8. The van der Waals surface area contributed by atoms with Crippen LogP contribution in [0.5, 0.6) is 0 Å². The average molecular weight is 355 g/mol. The molecule has 0 fully saturated rings. The summed E-state index contributed by atoms with van der Waals surface area (Å²) in [7, 11) is 0. The van der Waals surface area contributed by atoms with Gasteiger partial charge in [-0.15, -0.1) is 0 Å². The van der Waals surface area contributed by atoms with E-state index in [9.17, 15) is 4.79 Å². The molecule has 1 atom stereocenters. The Morgan fingerprint density at radius 2 is 1.92 bits per heavy atom. The van der Waals surface area contributed by atoms with E-state index in [0.717, 1.165) is 34.5 Å². The summed E-state index contributed by atoms with van der Waals surface area (Å²) in [6, 6.07) is 16.4. The molecule has 2 aliphatic heterocycles. The number of fused-ring (bicyclic) bond motifs is 2. The Morgan fingerprint density at radius 1 is 1.17 bits per heavy atom. The number of anilines is 1. The van der Waals surface area contributed by atoms with Crippen LogP contribution in [0.3, 0.4) is 0 Å². The quantitative estimate of drug-likeness (QED) is 0.788. The van der Waals surface area contributed by atoms with Gasteiger partial charge in [0.15, 0.2) is 0 Å². The molecule has 2 heterocycles. The van der Waals surface area contributed by atoms with Crippen LogP contribution in [-0.4, -0.2) is 22.1 Å². The summed E-state index contributed by atoms with van der Waals surface area (Å²) in [4.78, 5) is 19.5. The Bertz CT molecular complexity index is 819. The molecule has 1 amide bonds. The van der Waals surface area contributed by atoms with E-state index in [2.05, 4.69) is 12.1 Å². The maximum Gasteiger partial charge on any atom is 0.240 e. The SMILES string of the molecule is CC(SC1=Nc2ccccc2CS1)C(=O)N1CCc2ccccc21. The number of amides is 1. The van der Waals surface area contributed by atoms with Crippen molar-refractivity contribution in [3.63, 3.8) is 0 Å². The minimum Gasteiger partial charge on any atom is -0.311 e. The Kier molecular flexibility index (Phi) is 4.37. The van der Waals surface area contributed by atoms with Crippen LogP contribution in [0.1, 0.15) is 18.1 Å². The lowest BCUT2D eigenvalue weighted by atomic mass is 10.2. The summed E-state index contributed by atoms with van der Waals surface area (Å²) in [6.07, 6.45) is 0.947. The van der Waals surface area contributed by atoms with Crippen LogP contribution >= 0.6 is 23.5 Å². The largest absolute Gasteiger partial charge is 0.311 e. The number of thioether (sulfide) groups is 2. The van der Waals surface area contributed by atoms with Gasteiger partial charge in [-0.05, 0) is 36.6 Å². The van der Waals surface area contributed by atoms with E-state index in [4.69, 9.17) is 4.99 Å². The molecule has 2 aromatic carbocycles. The highest BCUT2D eigenvalue weighted by Gasteiger charge is 2.29. The Morgan fingerprint density at radius 3 is 2.79 bits per heavy atom. The second-order valence-electron chi connectivity index (χ2n) is 5.92. The molecule has 0 aromatic heterocycles. The van der Waals surface area contributed by atoms with E-state index in [1.165, 1.54) is 11.1 Å². The number of carbonyl (C=O) groups excluding carboxylic acids is 1. The number of carbonyl (C=O) groups is 1. The molecule has 2 aromatic rings. The molecule has 0 aliphatic carbocycles. The third kappa shape index (κ3) is 2.98. The number of aliphatic imine (C=N–C) groups is 1. The van der Waals surface area contributed by atoms with E-state index in [1.807, 2.05) is 48.2 Å². The molecule has 122 valence electrons. The fourth-order valence-corrected chi connectivity index (χ4v) is 5.31. The highest BCUT2D eigenvalue weighted by atomic mass is 32.2.